The highest BCUT2D eigenvalue weighted by molar-refractivity contribution is 6.08. The molecule has 0 fully saturated rings. The van der Waals surface area contributed by atoms with Gasteiger partial charge in [0, 0.05) is 22.6 Å². The standard InChI is InChI=1S/C25H21N5O3/c1-16-11-20(12-21(14-27)24(31)29-25(28)32)17(2)30(16)22-7-9-23(10-8-22)33-15-19-6-4-3-5-18(19)13-26/h3-12H,15H2,1-2H3,(H3,28,29,31,32)/b21-12-. The van der Waals surface area contributed by atoms with Crippen molar-refractivity contribution in [3.05, 3.63) is 88.2 Å². The largest absolute Gasteiger partial charge is 0.489 e. The van der Waals surface area contributed by atoms with Gasteiger partial charge in [0.05, 0.1) is 11.6 Å². The zero-order chi connectivity index (χ0) is 24.0. The van der Waals surface area contributed by atoms with Gasteiger partial charge in [-0.2, -0.15) is 10.5 Å². The van der Waals surface area contributed by atoms with E-state index in [-0.39, 0.29) is 12.2 Å². The van der Waals surface area contributed by atoms with Gasteiger partial charge in [0.2, 0.25) is 0 Å². The van der Waals surface area contributed by atoms with Crippen LogP contribution < -0.4 is 15.8 Å². The zero-order valence-corrected chi connectivity index (χ0v) is 18.1. The number of aryl methyl sites for hydroxylation is 1. The van der Waals surface area contributed by atoms with Crippen molar-refractivity contribution in [2.45, 2.75) is 20.5 Å². The van der Waals surface area contributed by atoms with Crippen LogP contribution in [0.3, 0.4) is 0 Å². The van der Waals surface area contributed by atoms with E-state index >= 15 is 0 Å². The molecule has 0 unspecified atom stereocenters. The Bertz CT molecular complexity index is 1320. The molecule has 0 aliphatic carbocycles. The van der Waals surface area contributed by atoms with Gasteiger partial charge in [0.15, 0.2) is 0 Å². The van der Waals surface area contributed by atoms with Crippen molar-refractivity contribution in [3.8, 4) is 23.6 Å². The fourth-order valence-corrected chi connectivity index (χ4v) is 3.42. The molecule has 0 saturated carbocycles. The Morgan fingerprint density at radius 3 is 2.45 bits per heavy atom. The molecule has 164 valence electrons. The molecule has 8 nitrogen and oxygen atoms in total. The fraction of sp³-hybridized carbons (Fsp3) is 0.120. The first-order chi connectivity index (χ1) is 15.8. The molecule has 0 aliphatic rings. The number of aromatic nitrogens is 1. The number of amides is 3. The van der Waals surface area contributed by atoms with Crippen molar-refractivity contribution in [3.63, 3.8) is 0 Å². The molecular weight excluding hydrogens is 418 g/mol. The number of hydrogen-bond acceptors (Lipinski definition) is 5. The van der Waals surface area contributed by atoms with E-state index in [1.807, 2.05) is 72.3 Å². The Balaban J connectivity index is 1.82. The van der Waals surface area contributed by atoms with Gasteiger partial charge in [-0.15, -0.1) is 0 Å². The van der Waals surface area contributed by atoms with E-state index < -0.39 is 11.9 Å². The highest BCUT2D eigenvalue weighted by Gasteiger charge is 2.15. The molecule has 0 radical (unpaired) electrons. The van der Waals surface area contributed by atoms with Crippen LogP contribution in [0.4, 0.5) is 4.79 Å². The summed E-state index contributed by atoms with van der Waals surface area (Å²) in [5, 5.41) is 20.4. The Kier molecular flexibility index (Phi) is 6.92. The minimum atomic E-state index is -1.02. The Hall–Kier alpha value is -4.82. The number of urea groups is 1. The number of carbonyl (C=O) groups is 2. The summed E-state index contributed by atoms with van der Waals surface area (Å²) in [6.45, 7) is 4.05. The lowest BCUT2D eigenvalue weighted by Gasteiger charge is -2.12. The molecule has 0 aliphatic heterocycles. The number of hydrogen-bond donors (Lipinski definition) is 2. The molecule has 0 spiro atoms. The number of nitrogens with zero attached hydrogens (tertiary/aromatic N) is 3. The first-order valence-electron chi connectivity index (χ1n) is 9.96. The Labute approximate surface area is 191 Å². The van der Waals surface area contributed by atoms with Gasteiger partial charge in [-0.05, 0) is 61.9 Å². The van der Waals surface area contributed by atoms with Crippen LogP contribution in [0.1, 0.15) is 28.1 Å². The normalized spacial score (nSPS) is 10.7. The lowest BCUT2D eigenvalue weighted by atomic mass is 10.1. The molecule has 0 saturated heterocycles. The van der Waals surface area contributed by atoms with E-state index in [0.29, 0.717) is 16.9 Å². The van der Waals surface area contributed by atoms with Gasteiger partial charge in [-0.3, -0.25) is 10.1 Å². The number of ether oxygens (including phenoxy) is 1. The van der Waals surface area contributed by atoms with Gasteiger partial charge in [0.1, 0.15) is 24.0 Å². The van der Waals surface area contributed by atoms with Crippen molar-refractivity contribution in [2.75, 3.05) is 0 Å². The van der Waals surface area contributed by atoms with Gasteiger partial charge in [-0.25, -0.2) is 4.79 Å². The molecule has 33 heavy (non-hydrogen) atoms. The molecule has 1 heterocycles. The molecule has 2 aromatic carbocycles. The number of nitrogens with two attached hydrogens (primary N) is 1. The molecular formula is C25H21N5O3. The third kappa shape index (κ3) is 5.27. The zero-order valence-electron chi connectivity index (χ0n) is 18.1. The first-order valence-corrected chi connectivity index (χ1v) is 9.96. The second-order valence-corrected chi connectivity index (χ2v) is 7.20. The highest BCUT2D eigenvalue weighted by Crippen LogP contribution is 2.25. The first kappa shape index (κ1) is 22.9. The highest BCUT2D eigenvalue weighted by atomic mass is 16.5. The van der Waals surface area contributed by atoms with Crippen LogP contribution in [0.2, 0.25) is 0 Å². The summed E-state index contributed by atoms with van der Waals surface area (Å²) in [6, 6.07) is 19.5. The van der Waals surface area contributed by atoms with Gasteiger partial charge in [0.25, 0.3) is 5.91 Å². The molecule has 3 amide bonds. The number of primary amides is 1. The topological polar surface area (TPSA) is 134 Å². The van der Waals surface area contributed by atoms with Gasteiger partial charge < -0.3 is 15.0 Å². The molecule has 8 heteroatoms. The lowest BCUT2D eigenvalue weighted by Crippen LogP contribution is -2.35. The van der Waals surface area contributed by atoms with Crippen molar-refractivity contribution < 1.29 is 14.3 Å². The van der Waals surface area contributed by atoms with E-state index in [1.54, 1.807) is 12.1 Å². The van der Waals surface area contributed by atoms with Crippen LogP contribution in [0.15, 0.2) is 60.2 Å². The smallest absolute Gasteiger partial charge is 0.319 e. The van der Waals surface area contributed by atoms with Crippen molar-refractivity contribution in [1.82, 2.24) is 9.88 Å². The molecule has 0 atom stereocenters. The molecule has 3 aromatic rings. The quantitative estimate of drug-likeness (QED) is 0.447. The maximum atomic E-state index is 12.0. The molecule has 0 bridgehead atoms. The van der Waals surface area contributed by atoms with Crippen LogP contribution in [0.5, 0.6) is 5.75 Å². The van der Waals surface area contributed by atoms with E-state index in [4.69, 9.17) is 10.5 Å². The minimum Gasteiger partial charge on any atom is -0.489 e. The minimum absolute atomic E-state index is 0.226. The van der Waals surface area contributed by atoms with Crippen LogP contribution in [0.25, 0.3) is 11.8 Å². The number of benzene rings is 2. The fourth-order valence-electron chi connectivity index (χ4n) is 3.42. The summed E-state index contributed by atoms with van der Waals surface area (Å²) >= 11 is 0. The number of nitrogens with one attached hydrogen (secondary N) is 1. The van der Waals surface area contributed by atoms with Gasteiger partial charge in [-0.1, -0.05) is 18.2 Å². The van der Waals surface area contributed by atoms with Crippen molar-refractivity contribution >= 4 is 18.0 Å². The van der Waals surface area contributed by atoms with Crippen molar-refractivity contribution in [1.29, 1.82) is 10.5 Å². The van der Waals surface area contributed by atoms with Crippen molar-refractivity contribution in [2.24, 2.45) is 5.73 Å². The average Bonchev–Trinajstić information content (AvgIpc) is 3.08. The second-order valence-electron chi connectivity index (χ2n) is 7.20. The number of carbonyl (C=O) groups excluding carboxylic acids is 2. The Morgan fingerprint density at radius 1 is 1.12 bits per heavy atom. The molecule has 3 N–H and O–H groups in total. The van der Waals surface area contributed by atoms with Crippen LogP contribution in [-0.2, 0) is 11.4 Å². The number of rotatable bonds is 6. The average molecular weight is 439 g/mol. The van der Waals surface area contributed by atoms with E-state index in [9.17, 15) is 20.1 Å². The summed E-state index contributed by atoms with van der Waals surface area (Å²) in [6.07, 6.45) is 1.42. The van der Waals surface area contributed by atoms with Crippen LogP contribution >= 0.6 is 0 Å². The predicted molar refractivity (Wildman–Crippen MR) is 122 cm³/mol. The SMILES string of the molecule is Cc1cc(/C=C(/C#N)C(=O)NC(N)=O)c(C)n1-c1ccc(OCc2ccccc2C#N)cc1. The third-order valence-electron chi connectivity index (χ3n) is 5.00. The maximum Gasteiger partial charge on any atom is 0.319 e. The number of imide groups is 1. The summed E-state index contributed by atoms with van der Waals surface area (Å²) in [5.41, 5.74) is 9.36. The monoisotopic (exact) mass is 439 g/mol. The Morgan fingerprint density at radius 2 is 1.82 bits per heavy atom. The van der Waals surface area contributed by atoms with E-state index in [0.717, 1.165) is 22.6 Å². The van der Waals surface area contributed by atoms with E-state index in [1.165, 1.54) is 6.08 Å². The summed E-state index contributed by atoms with van der Waals surface area (Å²) in [5.74, 6) is -0.196. The number of nitriles is 2. The summed E-state index contributed by atoms with van der Waals surface area (Å²) in [7, 11) is 0. The molecule has 1 aromatic heterocycles. The van der Waals surface area contributed by atoms with Crippen LogP contribution in [-0.4, -0.2) is 16.5 Å². The molecule has 3 rings (SSSR count). The lowest BCUT2D eigenvalue weighted by molar-refractivity contribution is -0.115. The summed E-state index contributed by atoms with van der Waals surface area (Å²) < 4.78 is 7.80. The third-order valence-corrected chi connectivity index (χ3v) is 5.00. The maximum absolute atomic E-state index is 12.0. The van der Waals surface area contributed by atoms with Crippen LogP contribution in [0, 0.1) is 36.5 Å². The van der Waals surface area contributed by atoms with E-state index in [2.05, 4.69) is 6.07 Å². The predicted octanol–water partition coefficient (Wildman–Crippen LogP) is 3.65. The summed E-state index contributed by atoms with van der Waals surface area (Å²) in [4.78, 5) is 22.9. The second kappa shape index (κ2) is 9.99. The van der Waals surface area contributed by atoms with Gasteiger partial charge >= 0.3 is 6.03 Å².